The molecule has 0 aliphatic carbocycles. The molecular weight excluding hydrogens is 522 g/mol. The van der Waals surface area contributed by atoms with Crippen LogP contribution in [-0.4, -0.2) is 56.5 Å². The highest BCUT2D eigenvalue weighted by molar-refractivity contribution is 7.13. The van der Waals surface area contributed by atoms with Crippen LogP contribution in [0.1, 0.15) is 21.7 Å². The lowest BCUT2D eigenvalue weighted by atomic mass is 10.2. The summed E-state index contributed by atoms with van der Waals surface area (Å²) in [7, 11) is 0. The van der Waals surface area contributed by atoms with Crippen LogP contribution >= 0.6 is 34.5 Å². The van der Waals surface area contributed by atoms with E-state index in [0.29, 0.717) is 52.2 Å². The molecule has 0 spiro atoms. The zero-order valence-corrected chi connectivity index (χ0v) is 20.4. The second-order valence-corrected chi connectivity index (χ2v) is 9.88. The van der Waals surface area contributed by atoms with E-state index in [1.54, 1.807) is 28.5 Å². The molecule has 0 bridgehead atoms. The Morgan fingerprint density at radius 1 is 1.03 bits per heavy atom. The molecule has 6 nitrogen and oxygen atoms in total. The van der Waals surface area contributed by atoms with Gasteiger partial charge in [-0.15, -0.1) is 11.3 Å². The maximum absolute atomic E-state index is 13.8. The fourth-order valence-corrected chi connectivity index (χ4v) is 5.01. The molecule has 1 aliphatic rings. The summed E-state index contributed by atoms with van der Waals surface area (Å²) in [5.41, 5.74) is 0.131. The fourth-order valence-electron chi connectivity index (χ4n) is 4.00. The fraction of sp³-hybridized carbons (Fsp3) is 0.261. The molecule has 1 saturated heterocycles. The minimum atomic E-state index is -4.66. The van der Waals surface area contributed by atoms with Crippen LogP contribution in [0.5, 0.6) is 0 Å². The Morgan fingerprint density at radius 2 is 1.80 bits per heavy atom. The van der Waals surface area contributed by atoms with E-state index in [9.17, 15) is 18.0 Å². The number of alkyl halides is 3. The highest BCUT2D eigenvalue weighted by Gasteiger charge is 2.36. The third-order valence-electron chi connectivity index (χ3n) is 5.76. The summed E-state index contributed by atoms with van der Waals surface area (Å²) in [6, 6.07) is 11.2. The van der Waals surface area contributed by atoms with Crippen LogP contribution in [0.25, 0.3) is 16.2 Å². The molecule has 12 heteroatoms. The number of aromatic nitrogens is 3. The van der Waals surface area contributed by atoms with Crippen molar-refractivity contribution in [1.82, 2.24) is 24.4 Å². The lowest BCUT2D eigenvalue weighted by Gasteiger charge is -2.34. The predicted molar refractivity (Wildman–Crippen MR) is 129 cm³/mol. The molecule has 4 aromatic rings. The first kappa shape index (κ1) is 24.1. The summed E-state index contributed by atoms with van der Waals surface area (Å²) in [5, 5.41) is 6.73. The Balaban J connectivity index is 1.34. The number of hydrogen-bond donors (Lipinski definition) is 0. The van der Waals surface area contributed by atoms with Crippen molar-refractivity contribution < 1.29 is 18.0 Å². The van der Waals surface area contributed by atoms with Gasteiger partial charge < -0.3 is 4.90 Å². The topological polar surface area (TPSA) is 53.7 Å². The standard InChI is InChI=1S/C23H18Cl2F3N5OS/c24-15-4-3-14(10-16(15)25)13-31-5-7-32(8-6-31)22(34)18-12-21-29-17(19-2-1-9-35-19)11-20(23(26,27)28)33(21)30-18/h1-4,9-12H,5-8,13H2. The Morgan fingerprint density at radius 3 is 2.46 bits per heavy atom. The summed E-state index contributed by atoms with van der Waals surface area (Å²) >= 11 is 13.3. The first-order chi connectivity index (χ1) is 16.7. The van der Waals surface area contributed by atoms with Gasteiger partial charge in [-0.2, -0.15) is 18.3 Å². The maximum atomic E-state index is 13.8. The number of hydrogen-bond acceptors (Lipinski definition) is 5. The zero-order chi connectivity index (χ0) is 24.7. The average molecular weight is 540 g/mol. The highest BCUT2D eigenvalue weighted by atomic mass is 35.5. The lowest BCUT2D eigenvalue weighted by Crippen LogP contribution is -2.48. The smallest absolute Gasteiger partial charge is 0.335 e. The van der Waals surface area contributed by atoms with Gasteiger partial charge >= 0.3 is 6.18 Å². The molecular formula is C23H18Cl2F3N5OS. The molecule has 4 heterocycles. The molecule has 0 N–H and O–H groups in total. The first-order valence-electron chi connectivity index (χ1n) is 10.7. The molecule has 1 amide bonds. The number of halogens is 5. The van der Waals surface area contributed by atoms with Crippen molar-refractivity contribution in [1.29, 1.82) is 0 Å². The molecule has 1 fully saturated rings. The van der Waals surface area contributed by atoms with Crippen LogP contribution in [-0.2, 0) is 12.7 Å². The van der Waals surface area contributed by atoms with Gasteiger partial charge in [-0.25, -0.2) is 9.50 Å². The zero-order valence-electron chi connectivity index (χ0n) is 18.1. The lowest BCUT2D eigenvalue weighted by molar-refractivity contribution is -0.142. The van der Waals surface area contributed by atoms with Crippen LogP contribution in [0.2, 0.25) is 10.0 Å². The second kappa shape index (κ2) is 9.42. The molecule has 0 saturated carbocycles. The van der Waals surface area contributed by atoms with Gasteiger partial charge in [0.05, 0.1) is 20.6 Å². The molecule has 1 aromatic carbocycles. The summed E-state index contributed by atoms with van der Waals surface area (Å²) in [6.45, 7) is 2.71. The number of rotatable bonds is 4. The van der Waals surface area contributed by atoms with Crippen LogP contribution in [0.4, 0.5) is 13.2 Å². The van der Waals surface area contributed by atoms with Crippen molar-refractivity contribution in [2.45, 2.75) is 12.7 Å². The molecule has 1 aliphatic heterocycles. The van der Waals surface area contributed by atoms with Crippen LogP contribution < -0.4 is 0 Å². The molecule has 0 atom stereocenters. The Bertz CT molecular complexity index is 1380. The number of thiophene rings is 1. The second-order valence-electron chi connectivity index (χ2n) is 8.12. The summed E-state index contributed by atoms with van der Waals surface area (Å²) < 4.78 is 42.0. The number of benzene rings is 1. The van der Waals surface area contributed by atoms with E-state index in [0.717, 1.165) is 11.6 Å². The predicted octanol–water partition coefficient (Wildman–Crippen LogP) is 5.74. The van der Waals surface area contributed by atoms with Crippen LogP contribution in [0.3, 0.4) is 0 Å². The maximum Gasteiger partial charge on any atom is 0.433 e. The summed E-state index contributed by atoms with van der Waals surface area (Å²) in [6.07, 6.45) is -4.66. The molecule has 35 heavy (non-hydrogen) atoms. The molecule has 0 radical (unpaired) electrons. The average Bonchev–Trinajstić information content (AvgIpc) is 3.50. The van der Waals surface area contributed by atoms with Crippen molar-refractivity contribution in [3.05, 3.63) is 74.8 Å². The van der Waals surface area contributed by atoms with Gasteiger partial charge in [0, 0.05) is 38.8 Å². The number of fused-ring (bicyclic) bond motifs is 1. The number of carbonyl (C=O) groups excluding carboxylic acids is 1. The normalized spacial score (nSPS) is 15.2. The minimum absolute atomic E-state index is 0.0233. The van der Waals surface area contributed by atoms with Crippen LogP contribution in [0.15, 0.2) is 47.8 Å². The van der Waals surface area contributed by atoms with Gasteiger partial charge in [-0.05, 0) is 35.2 Å². The van der Waals surface area contributed by atoms with E-state index in [2.05, 4.69) is 15.0 Å². The Kier molecular flexibility index (Phi) is 6.47. The van der Waals surface area contributed by atoms with Gasteiger partial charge in [0.1, 0.15) is 0 Å². The largest absolute Gasteiger partial charge is 0.433 e. The molecule has 182 valence electrons. The van der Waals surface area contributed by atoms with E-state index < -0.39 is 17.8 Å². The Labute approximate surface area is 212 Å². The van der Waals surface area contributed by atoms with E-state index in [1.807, 2.05) is 12.1 Å². The monoisotopic (exact) mass is 539 g/mol. The van der Waals surface area contributed by atoms with E-state index in [1.165, 1.54) is 17.4 Å². The van der Waals surface area contributed by atoms with Gasteiger partial charge in [0.15, 0.2) is 17.0 Å². The van der Waals surface area contributed by atoms with Crippen molar-refractivity contribution in [2.24, 2.45) is 0 Å². The third kappa shape index (κ3) is 5.02. The minimum Gasteiger partial charge on any atom is -0.335 e. The third-order valence-corrected chi connectivity index (χ3v) is 7.39. The van der Waals surface area contributed by atoms with Crippen molar-refractivity contribution in [2.75, 3.05) is 26.2 Å². The number of nitrogens with zero attached hydrogens (tertiary/aromatic N) is 5. The van der Waals surface area contributed by atoms with Crippen molar-refractivity contribution in [3.8, 4) is 10.6 Å². The van der Waals surface area contributed by atoms with E-state index >= 15 is 0 Å². The number of carbonyl (C=O) groups is 1. The molecule has 3 aromatic heterocycles. The number of amides is 1. The SMILES string of the molecule is O=C(c1cc2nc(-c3cccs3)cc(C(F)(F)F)n2n1)N1CCN(Cc2ccc(Cl)c(Cl)c2)CC1. The first-order valence-corrected chi connectivity index (χ1v) is 12.3. The van der Waals surface area contributed by atoms with Gasteiger partial charge in [0.2, 0.25) is 0 Å². The Hall–Kier alpha value is -2.66. The van der Waals surface area contributed by atoms with Crippen LogP contribution in [0, 0.1) is 0 Å². The molecule has 5 rings (SSSR count). The molecule has 0 unspecified atom stereocenters. The van der Waals surface area contributed by atoms with E-state index in [4.69, 9.17) is 23.2 Å². The summed E-state index contributed by atoms with van der Waals surface area (Å²) in [5.74, 6) is -0.421. The van der Waals surface area contributed by atoms with Crippen molar-refractivity contribution in [3.63, 3.8) is 0 Å². The van der Waals surface area contributed by atoms with E-state index in [-0.39, 0.29) is 17.0 Å². The van der Waals surface area contributed by atoms with Gasteiger partial charge in [-0.3, -0.25) is 9.69 Å². The van der Waals surface area contributed by atoms with Gasteiger partial charge in [-0.1, -0.05) is 35.3 Å². The quantitative estimate of drug-likeness (QED) is 0.331. The summed E-state index contributed by atoms with van der Waals surface area (Å²) in [4.78, 5) is 21.8. The highest BCUT2D eigenvalue weighted by Crippen LogP contribution is 2.33. The number of piperazine rings is 1. The van der Waals surface area contributed by atoms with Crippen molar-refractivity contribution >= 4 is 46.1 Å². The van der Waals surface area contributed by atoms with Gasteiger partial charge in [0.25, 0.3) is 5.91 Å².